The number of aromatic nitrogens is 2. The van der Waals surface area contributed by atoms with Crippen LogP contribution in [0.2, 0.25) is 5.02 Å². The van der Waals surface area contributed by atoms with Crippen molar-refractivity contribution in [2.45, 2.75) is 31.3 Å². The van der Waals surface area contributed by atoms with E-state index in [4.69, 9.17) is 17.3 Å². The Bertz CT molecular complexity index is 728. The molecular formula is C13H17ClN4O2S. The second-order valence-corrected chi connectivity index (χ2v) is 6.70. The molecule has 1 aromatic heterocycles. The summed E-state index contributed by atoms with van der Waals surface area (Å²) in [4.78, 5) is -0.0111. The van der Waals surface area contributed by atoms with E-state index >= 15 is 0 Å². The number of anilines is 1. The van der Waals surface area contributed by atoms with Gasteiger partial charge in [-0.3, -0.25) is 4.68 Å². The molecule has 0 bridgehead atoms. The number of benzene rings is 1. The van der Waals surface area contributed by atoms with E-state index in [1.54, 1.807) is 24.3 Å². The standard InChI is InChI=1S/C13H17ClN4O2S/c1-2-7-18-9-12(13(15)17-18)21(19,20)16-8-10-5-3-4-6-11(10)14/h3-6,9,16H,2,7-8H2,1H3,(H2,15,17). The average Bonchev–Trinajstić information content (AvgIpc) is 2.80. The van der Waals surface area contributed by atoms with E-state index in [9.17, 15) is 8.42 Å². The SMILES string of the molecule is CCCn1cc(S(=O)(=O)NCc2ccccc2Cl)c(N)n1. The van der Waals surface area contributed by atoms with Crippen LogP contribution in [-0.4, -0.2) is 18.2 Å². The summed E-state index contributed by atoms with van der Waals surface area (Å²) in [5.41, 5.74) is 6.38. The van der Waals surface area contributed by atoms with Gasteiger partial charge in [-0.25, -0.2) is 13.1 Å². The van der Waals surface area contributed by atoms with Gasteiger partial charge in [-0.05, 0) is 18.1 Å². The van der Waals surface area contributed by atoms with Gasteiger partial charge in [0.15, 0.2) is 5.82 Å². The van der Waals surface area contributed by atoms with Crippen molar-refractivity contribution >= 4 is 27.4 Å². The van der Waals surface area contributed by atoms with Gasteiger partial charge in [0.1, 0.15) is 4.90 Å². The highest BCUT2D eigenvalue weighted by Gasteiger charge is 2.21. The zero-order valence-corrected chi connectivity index (χ0v) is 13.2. The largest absolute Gasteiger partial charge is 0.381 e. The van der Waals surface area contributed by atoms with E-state index in [0.717, 1.165) is 6.42 Å². The maximum absolute atomic E-state index is 12.3. The Morgan fingerprint density at radius 1 is 1.38 bits per heavy atom. The second kappa shape index (κ2) is 6.46. The zero-order valence-electron chi connectivity index (χ0n) is 11.6. The van der Waals surface area contributed by atoms with E-state index in [1.165, 1.54) is 10.9 Å². The van der Waals surface area contributed by atoms with Gasteiger partial charge in [0.2, 0.25) is 10.0 Å². The molecule has 0 radical (unpaired) electrons. The summed E-state index contributed by atoms with van der Waals surface area (Å²) < 4.78 is 28.5. The van der Waals surface area contributed by atoms with Gasteiger partial charge in [-0.1, -0.05) is 36.7 Å². The van der Waals surface area contributed by atoms with Crippen molar-refractivity contribution in [3.05, 3.63) is 41.0 Å². The maximum Gasteiger partial charge on any atom is 0.246 e. The van der Waals surface area contributed by atoms with Crippen LogP contribution in [0.5, 0.6) is 0 Å². The van der Waals surface area contributed by atoms with Crippen molar-refractivity contribution in [1.29, 1.82) is 0 Å². The number of halogens is 1. The molecule has 0 unspecified atom stereocenters. The highest BCUT2D eigenvalue weighted by atomic mass is 35.5. The Hall–Kier alpha value is -1.57. The van der Waals surface area contributed by atoms with Crippen LogP contribution in [0.4, 0.5) is 5.82 Å². The van der Waals surface area contributed by atoms with Crippen LogP contribution >= 0.6 is 11.6 Å². The third-order valence-electron chi connectivity index (χ3n) is 2.91. The number of hydrogen-bond acceptors (Lipinski definition) is 4. The lowest BCUT2D eigenvalue weighted by molar-refractivity contribution is 0.579. The van der Waals surface area contributed by atoms with Gasteiger partial charge in [0.25, 0.3) is 0 Å². The summed E-state index contributed by atoms with van der Waals surface area (Å²) in [5.74, 6) is -0.00453. The molecule has 8 heteroatoms. The molecule has 1 aromatic carbocycles. The molecule has 6 nitrogen and oxygen atoms in total. The number of nitrogens with one attached hydrogen (secondary N) is 1. The molecule has 0 aliphatic carbocycles. The number of hydrogen-bond donors (Lipinski definition) is 2. The van der Waals surface area contributed by atoms with Crippen LogP contribution in [-0.2, 0) is 23.1 Å². The molecule has 0 saturated carbocycles. The van der Waals surface area contributed by atoms with Crippen LogP contribution in [0.3, 0.4) is 0 Å². The number of nitrogens with two attached hydrogens (primary N) is 1. The first-order valence-corrected chi connectivity index (χ1v) is 8.36. The summed E-state index contributed by atoms with van der Waals surface area (Å²) in [6, 6.07) is 7.05. The first-order chi connectivity index (χ1) is 9.94. The van der Waals surface area contributed by atoms with Crippen molar-refractivity contribution in [3.63, 3.8) is 0 Å². The topological polar surface area (TPSA) is 90.0 Å². The normalized spacial score (nSPS) is 11.7. The summed E-state index contributed by atoms with van der Waals surface area (Å²) in [7, 11) is -3.72. The zero-order chi connectivity index (χ0) is 15.5. The quantitative estimate of drug-likeness (QED) is 0.848. The minimum atomic E-state index is -3.72. The molecule has 1 heterocycles. The van der Waals surface area contributed by atoms with Gasteiger partial charge in [0.05, 0.1) is 0 Å². The van der Waals surface area contributed by atoms with Crippen LogP contribution in [0.15, 0.2) is 35.4 Å². The molecule has 114 valence electrons. The molecular weight excluding hydrogens is 312 g/mol. The van der Waals surface area contributed by atoms with E-state index in [2.05, 4.69) is 9.82 Å². The summed E-state index contributed by atoms with van der Waals surface area (Å²) in [6.45, 7) is 2.69. The van der Waals surface area contributed by atoms with E-state index in [-0.39, 0.29) is 17.3 Å². The average molecular weight is 329 g/mol. The monoisotopic (exact) mass is 328 g/mol. The fourth-order valence-corrected chi connectivity index (χ4v) is 3.14. The minimum Gasteiger partial charge on any atom is -0.381 e. The van der Waals surface area contributed by atoms with Gasteiger partial charge in [-0.2, -0.15) is 5.10 Å². The van der Waals surface area contributed by atoms with Crippen molar-refractivity contribution in [2.24, 2.45) is 0 Å². The summed E-state index contributed by atoms with van der Waals surface area (Å²) in [6.07, 6.45) is 2.28. The number of aryl methyl sites for hydroxylation is 1. The molecule has 0 fully saturated rings. The van der Waals surface area contributed by atoms with Crippen LogP contribution in [0.1, 0.15) is 18.9 Å². The number of nitrogen functional groups attached to an aromatic ring is 1. The smallest absolute Gasteiger partial charge is 0.246 e. The molecule has 0 atom stereocenters. The highest BCUT2D eigenvalue weighted by Crippen LogP contribution is 2.19. The fraction of sp³-hybridized carbons (Fsp3) is 0.308. The van der Waals surface area contributed by atoms with Crippen molar-refractivity contribution in [3.8, 4) is 0 Å². The predicted octanol–water partition coefficient (Wildman–Crippen LogP) is 2.01. The molecule has 2 rings (SSSR count). The first-order valence-electron chi connectivity index (χ1n) is 6.50. The van der Waals surface area contributed by atoms with E-state index in [0.29, 0.717) is 17.1 Å². The number of nitrogens with zero attached hydrogens (tertiary/aromatic N) is 2. The molecule has 0 saturated heterocycles. The van der Waals surface area contributed by atoms with Crippen molar-refractivity contribution < 1.29 is 8.42 Å². The lowest BCUT2D eigenvalue weighted by atomic mass is 10.2. The first kappa shape index (κ1) is 15.8. The summed E-state index contributed by atoms with van der Waals surface area (Å²) >= 11 is 6.00. The fourth-order valence-electron chi connectivity index (χ4n) is 1.86. The summed E-state index contributed by atoms with van der Waals surface area (Å²) in [5, 5.41) is 4.50. The molecule has 3 N–H and O–H groups in total. The van der Waals surface area contributed by atoms with Crippen LogP contribution in [0, 0.1) is 0 Å². The Labute approximate surface area is 129 Å². The van der Waals surface area contributed by atoms with Gasteiger partial charge in [0, 0.05) is 24.3 Å². The lowest BCUT2D eigenvalue weighted by Gasteiger charge is -2.06. The lowest BCUT2D eigenvalue weighted by Crippen LogP contribution is -2.23. The van der Waals surface area contributed by atoms with E-state index in [1.807, 2.05) is 6.92 Å². The van der Waals surface area contributed by atoms with Crippen LogP contribution < -0.4 is 10.5 Å². The van der Waals surface area contributed by atoms with Gasteiger partial charge < -0.3 is 5.73 Å². The molecule has 0 spiro atoms. The van der Waals surface area contributed by atoms with Gasteiger partial charge in [-0.15, -0.1) is 0 Å². The number of sulfonamides is 1. The third kappa shape index (κ3) is 3.75. The van der Waals surface area contributed by atoms with E-state index < -0.39 is 10.0 Å². The Morgan fingerprint density at radius 2 is 2.10 bits per heavy atom. The Morgan fingerprint density at radius 3 is 2.76 bits per heavy atom. The molecule has 0 aliphatic heterocycles. The van der Waals surface area contributed by atoms with Gasteiger partial charge >= 0.3 is 0 Å². The minimum absolute atomic E-state index is 0.00453. The molecule has 2 aromatic rings. The third-order valence-corrected chi connectivity index (χ3v) is 4.69. The Balaban J connectivity index is 2.17. The maximum atomic E-state index is 12.3. The van der Waals surface area contributed by atoms with Crippen molar-refractivity contribution in [2.75, 3.05) is 5.73 Å². The predicted molar refractivity (Wildman–Crippen MR) is 82.4 cm³/mol. The molecule has 21 heavy (non-hydrogen) atoms. The number of rotatable bonds is 6. The molecule has 0 amide bonds. The van der Waals surface area contributed by atoms with Crippen LogP contribution in [0.25, 0.3) is 0 Å². The van der Waals surface area contributed by atoms with Crippen molar-refractivity contribution in [1.82, 2.24) is 14.5 Å². The Kier molecular flexibility index (Phi) is 4.87. The molecule has 0 aliphatic rings. The highest BCUT2D eigenvalue weighted by molar-refractivity contribution is 7.89. The second-order valence-electron chi connectivity index (χ2n) is 4.56.